The summed E-state index contributed by atoms with van der Waals surface area (Å²) in [6, 6.07) is 10.3. The molecule has 0 saturated heterocycles. The predicted molar refractivity (Wildman–Crippen MR) is 150 cm³/mol. The summed E-state index contributed by atoms with van der Waals surface area (Å²) in [6.45, 7) is 2.15. The van der Waals surface area contributed by atoms with Crippen LogP contribution in [-0.2, 0) is 26.6 Å². The van der Waals surface area contributed by atoms with Crippen LogP contribution in [-0.4, -0.2) is 53.9 Å². The minimum absolute atomic E-state index is 0.0297. The van der Waals surface area contributed by atoms with Gasteiger partial charge in [-0.3, -0.25) is 0 Å². The first-order chi connectivity index (χ1) is 18.8. The van der Waals surface area contributed by atoms with Crippen LogP contribution in [0.4, 0.5) is 10.5 Å². The number of carbonyl (C=O) groups excluding carboxylic acids is 1. The SMILES string of the molecule is CO[C@@H]1/C=C/CNC(=O)NS(=O)(=O)c2ccc3c(c2)N(C[C@@H]2CC[C@H]21)C[C@@]1(CCCc2cc(Cl)ccc21)CO3. The monoisotopic (exact) mass is 571 g/mol. The third kappa shape index (κ3) is 5.00. The van der Waals surface area contributed by atoms with Crippen LogP contribution in [0.1, 0.15) is 36.8 Å². The van der Waals surface area contributed by atoms with Gasteiger partial charge in [0, 0.05) is 37.2 Å². The van der Waals surface area contributed by atoms with E-state index in [9.17, 15) is 13.2 Å². The quantitative estimate of drug-likeness (QED) is 0.492. The molecule has 2 aliphatic heterocycles. The minimum Gasteiger partial charge on any atom is -0.490 e. The van der Waals surface area contributed by atoms with Gasteiger partial charge in [0.1, 0.15) is 5.75 Å². The first-order valence-corrected chi connectivity index (χ1v) is 15.4. The lowest BCUT2D eigenvalue weighted by Crippen LogP contribution is -2.49. The second-order valence-corrected chi connectivity index (χ2v) is 13.3. The molecule has 2 aromatic carbocycles. The Morgan fingerprint density at radius 3 is 2.85 bits per heavy atom. The zero-order valence-corrected chi connectivity index (χ0v) is 23.6. The van der Waals surface area contributed by atoms with E-state index >= 15 is 0 Å². The highest BCUT2D eigenvalue weighted by molar-refractivity contribution is 7.90. The summed E-state index contributed by atoms with van der Waals surface area (Å²) in [6.07, 6.45) is 8.83. The number of fused-ring (bicyclic) bond motifs is 4. The number of rotatable bonds is 1. The lowest BCUT2D eigenvalue weighted by atomic mass is 9.68. The minimum atomic E-state index is -4.09. The number of sulfonamides is 1. The predicted octanol–water partition coefficient (Wildman–Crippen LogP) is 4.41. The Morgan fingerprint density at radius 1 is 1.18 bits per heavy atom. The molecule has 2 amide bonds. The summed E-state index contributed by atoms with van der Waals surface area (Å²) in [4.78, 5) is 14.7. The number of urea groups is 1. The van der Waals surface area contributed by atoms with Crippen molar-refractivity contribution in [2.24, 2.45) is 11.8 Å². The molecule has 2 N–H and O–H groups in total. The number of halogens is 1. The van der Waals surface area contributed by atoms with Crippen LogP contribution in [0.5, 0.6) is 5.75 Å². The number of anilines is 1. The molecular weight excluding hydrogens is 538 g/mol. The van der Waals surface area contributed by atoms with Crippen LogP contribution in [0.3, 0.4) is 0 Å². The maximum atomic E-state index is 13.2. The first kappa shape index (κ1) is 26.5. The number of carbonyl (C=O) groups is 1. The number of benzene rings is 2. The van der Waals surface area contributed by atoms with Crippen LogP contribution in [0.2, 0.25) is 5.02 Å². The second-order valence-electron chi connectivity index (χ2n) is 11.2. The number of hydrogen-bond donors (Lipinski definition) is 2. The third-order valence-electron chi connectivity index (χ3n) is 8.88. The molecule has 4 atom stereocenters. The fraction of sp³-hybridized carbons (Fsp3) is 0.483. The van der Waals surface area contributed by atoms with E-state index in [1.165, 1.54) is 17.2 Å². The molecule has 0 unspecified atom stereocenters. The topological polar surface area (TPSA) is 97.0 Å². The molecule has 208 valence electrons. The molecule has 1 saturated carbocycles. The summed E-state index contributed by atoms with van der Waals surface area (Å²) in [5.41, 5.74) is 3.00. The fourth-order valence-corrected chi connectivity index (χ4v) is 7.91. The maximum Gasteiger partial charge on any atom is 0.328 e. The van der Waals surface area contributed by atoms with Crippen molar-refractivity contribution in [1.82, 2.24) is 10.0 Å². The molecule has 0 aromatic heterocycles. The summed E-state index contributed by atoms with van der Waals surface area (Å²) < 4.78 is 40.8. The average molecular weight is 572 g/mol. The summed E-state index contributed by atoms with van der Waals surface area (Å²) in [5, 5.41) is 3.33. The van der Waals surface area contributed by atoms with Crippen molar-refractivity contribution in [2.45, 2.75) is 48.5 Å². The second kappa shape index (κ2) is 10.3. The summed E-state index contributed by atoms with van der Waals surface area (Å²) >= 11 is 6.37. The molecule has 6 rings (SSSR count). The highest BCUT2D eigenvalue weighted by Crippen LogP contribution is 2.47. The van der Waals surface area contributed by atoms with Gasteiger partial charge in [0.15, 0.2) is 0 Å². The van der Waals surface area contributed by atoms with Gasteiger partial charge >= 0.3 is 6.03 Å². The molecule has 2 heterocycles. The highest BCUT2D eigenvalue weighted by Gasteiger charge is 2.44. The van der Waals surface area contributed by atoms with E-state index in [4.69, 9.17) is 21.1 Å². The van der Waals surface area contributed by atoms with E-state index in [2.05, 4.69) is 27.1 Å². The van der Waals surface area contributed by atoms with Gasteiger partial charge in [-0.2, -0.15) is 0 Å². The smallest absolute Gasteiger partial charge is 0.328 e. The third-order valence-corrected chi connectivity index (χ3v) is 10.4. The van der Waals surface area contributed by atoms with Crippen molar-refractivity contribution < 1.29 is 22.7 Å². The van der Waals surface area contributed by atoms with E-state index in [0.717, 1.165) is 49.4 Å². The molecule has 2 bridgehead atoms. The molecule has 1 spiro atoms. The summed E-state index contributed by atoms with van der Waals surface area (Å²) in [7, 11) is -2.37. The van der Waals surface area contributed by atoms with Crippen LogP contribution in [0.25, 0.3) is 0 Å². The Morgan fingerprint density at radius 2 is 2.05 bits per heavy atom. The number of nitrogens with zero attached hydrogens (tertiary/aromatic N) is 1. The van der Waals surface area contributed by atoms with E-state index < -0.39 is 16.1 Å². The number of methoxy groups -OCH3 is 1. The van der Waals surface area contributed by atoms with Gasteiger partial charge in [0.2, 0.25) is 0 Å². The van der Waals surface area contributed by atoms with E-state index in [-0.39, 0.29) is 23.0 Å². The van der Waals surface area contributed by atoms with Crippen molar-refractivity contribution >= 4 is 33.3 Å². The first-order valence-electron chi connectivity index (χ1n) is 13.6. The van der Waals surface area contributed by atoms with Crippen LogP contribution >= 0.6 is 11.6 Å². The number of aryl methyl sites for hydroxylation is 1. The highest BCUT2D eigenvalue weighted by atomic mass is 35.5. The van der Waals surface area contributed by atoms with Gasteiger partial charge < -0.3 is 19.7 Å². The summed E-state index contributed by atoms with van der Waals surface area (Å²) in [5.74, 6) is 1.35. The average Bonchev–Trinajstić information content (AvgIpc) is 3.04. The lowest BCUT2D eigenvalue weighted by molar-refractivity contribution is 0.0132. The molecule has 10 heteroatoms. The normalized spacial score (nSPS) is 30.6. The fourth-order valence-electron chi connectivity index (χ4n) is 6.77. The van der Waals surface area contributed by atoms with Crippen molar-refractivity contribution in [3.05, 3.63) is 64.7 Å². The Hall–Kier alpha value is -2.75. The molecule has 1 fully saturated rings. The molecule has 2 aliphatic carbocycles. The Balaban J connectivity index is 1.45. The van der Waals surface area contributed by atoms with E-state index in [1.54, 1.807) is 19.2 Å². The van der Waals surface area contributed by atoms with Gasteiger partial charge in [-0.25, -0.2) is 17.9 Å². The largest absolute Gasteiger partial charge is 0.490 e. The number of nitrogens with one attached hydrogen (secondary N) is 2. The maximum absolute atomic E-state index is 13.2. The van der Waals surface area contributed by atoms with Gasteiger partial charge in [0.05, 0.1) is 23.3 Å². The van der Waals surface area contributed by atoms with Gasteiger partial charge in [-0.05, 0) is 85.4 Å². The number of amides is 2. The van der Waals surface area contributed by atoms with Crippen molar-refractivity contribution in [1.29, 1.82) is 0 Å². The molecule has 8 nitrogen and oxygen atoms in total. The zero-order chi connectivity index (χ0) is 27.2. The lowest BCUT2D eigenvalue weighted by Gasteiger charge is -2.46. The van der Waals surface area contributed by atoms with Crippen LogP contribution in [0, 0.1) is 11.8 Å². The Bertz CT molecular complexity index is 1410. The van der Waals surface area contributed by atoms with Crippen molar-refractivity contribution in [3.8, 4) is 5.75 Å². The van der Waals surface area contributed by atoms with E-state index in [0.29, 0.717) is 30.7 Å². The molecule has 2 aromatic rings. The van der Waals surface area contributed by atoms with Gasteiger partial charge in [0.25, 0.3) is 10.0 Å². The molecular formula is C29H34ClN3O5S. The molecule has 4 aliphatic rings. The van der Waals surface area contributed by atoms with Gasteiger partial charge in [-0.15, -0.1) is 0 Å². The van der Waals surface area contributed by atoms with Gasteiger partial charge in [-0.1, -0.05) is 29.8 Å². The van der Waals surface area contributed by atoms with Crippen molar-refractivity contribution in [3.63, 3.8) is 0 Å². The zero-order valence-electron chi connectivity index (χ0n) is 22.0. The molecule has 39 heavy (non-hydrogen) atoms. The number of hydrogen-bond acceptors (Lipinski definition) is 6. The number of ether oxygens (including phenoxy) is 2. The standard InChI is InChI=1S/C29H34ClN3O5S/c1-37-26-5-3-13-31-28(34)32-39(35,36)22-8-11-27-25(15-22)33(16-20-6-9-23(20)26)17-29(18-38-27)12-2-4-19-14-21(30)7-10-24(19)29/h3,5,7-8,10-11,14-15,20,23,26H,2,4,6,9,12-13,16-18H2,1H3,(H2,31,32,34)/b5-3+/t20-,23+,26+,29-/m0/s1. The Labute approximate surface area is 234 Å². The van der Waals surface area contributed by atoms with Crippen molar-refractivity contribution in [2.75, 3.05) is 38.3 Å². The van der Waals surface area contributed by atoms with Crippen LogP contribution < -0.4 is 19.7 Å². The molecule has 0 radical (unpaired) electrons. The van der Waals surface area contributed by atoms with E-state index in [1.807, 2.05) is 18.2 Å². The van der Waals surface area contributed by atoms with Crippen LogP contribution in [0.15, 0.2) is 53.4 Å². The Kier molecular flexibility index (Phi) is 7.02.